The number of aromatic nitrogens is 4. The van der Waals surface area contributed by atoms with E-state index in [2.05, 4.69) is 15.4 Å². The van der Waals surface area contributed by atoms with Crippen LogP contribution < -0.4 is 0 Å². The minimum Gasteiger partial charge on any atom is -0.392 e. The average Bonchev–Trinajstić information content (AvgIpc) is 2.98. The summed E-state index contributed by atoms with van der Waals surface area (Å²) in [5.74, 6) is 0.590. The lowest BCUT2D eigenvalue weighted by Gasteiger charge is -1.99. The fourth-order valence-corrected chi connectivity index (χ4v) is 1.76. The van der Waals surface area contributed by atoms with Crippen LogP contribution in [0.1, 0.15) is 5.56 Å². The van der Waals surface area contributed by atoms with Crippen LogP contribution in [0.3, 0.4) is 0 Å². The third kappa shape index (κ3) is 2.36. The zero-order valence-corrected chi connectivity index (χ0v) is 10.1. The summed E-state index contributed by atoms with van der Waals surface area (Å²) in [7, 11) is 0. The van der Waals surface area contributed by atoms with Gasteiger partial charge >= 0.3 is 0 Å². The number of hydrogen-bond donors (Lipinski definition) is 1. The summed E-state index contributed by atoms with van der Waals surface area (Å²) >= 11 is 0. The molecule has 94 valence electrons. The molecule has 0 bridgehead atoms. The van der Waals surface area contributed by atoms with Crippen LogP contribution in [0.25, 0.3) is 17.1 Å². The van der Waals surface area contributed by atoms with Gasteiger partial charge in [-0.25, -0.2) is 0 Å². The number of nitrogens with zero attached hydrogens (tertiary/aromatic N) is 4. The Labute approximate surface area is 110 Å². The van der Waals surface area contributed by atoms with Crippen LogP contribution >= 0.6 is 0 Å². The Morgan fingerprint density at radius 1 is 0.947 bits per heavy atom. The number of tetrazole rings is 1. The first-order chi connectivity index (χ1) is 9.36. The van der Waals surface area contributed by atoms with Gasteiger partial charge in [-0.15, -0.1) is 15.0 Å². The first-order valence-electron chi connectivity index (χ1n) is 5.92. The molecule has 0 fully saturated rings. The minimum atomic E-state index is 0.0281. The topological polar surface area (TPSA) is 63.8 Å². The normalized spacial score (nSPS) is 10.6. The highest BCUT2D eigenvalue weighted by Gasteiger charge is 2.06. The molecule has 3 rings (SSSR count). The van der Waals surface area contributed by atoms with Crippen molar-refractivity contribution in [2.24, 2.45) is 0 Å². The highest BCUT2D eigenvalue weighted by molar-refractivity contribution is 5.53. The molecule has 19 heavy (non-hydrogen) atoms. The van der Waals surface area contributed by atoms with Gasteiger partial charge in [0.05, 0.1) is 12.3 Å². The van der Waals surface area contributed by atoms with Crippen molar-refractivity contribution in [1.29, 1.82) is 0 Å². The summed E-state index contributed by atoms with van der Waals surface area (Å²) in [5, 5.41) is 21.4. The largest absolute Gasteiger partial charge is 0.392 e. The van der Waals surface area contributed by atoms with E-state index in [0.29, 0.717) is 5.82 Å². The van der Waals surface area contributed by atoms with Crippen LogP contribution in [0.5, 0.6) is 0 Å². The molecule has 0 saturated carbocycles. The lowest BCUT2D eigenvalue weighted by atomic mass is 10.2. The summed E-state index contributed by atoms with van der Waals surface area (Å²) in [6, 6.07) is 17.1. The first-order valence-corrected chi connectivity index (χ1v) is 5.92. The van der Waals surface area contributed by atoms with Crippen molar-refractivity contribution in [2.75, 3.05) is 0 Å². The van der Waals surface area contributed by atoms with E-state index < -0.39 is 0 Å². The highest BCUT2D eigenvalue weighted by atomic mass is 16.3. The Hall–Kier alpha value is -2.53. The van der Waals surface area contributed by atoms with Gasteiger partial charge in [0.1, 0.15) is 0 Å². The molecule has 0 aliphatic heterocycles. The lowest BCUT2D eigenvalue weighted by molar-refractivity contribution is 0.282. The number of aliphatic hydroxyl groups is 1. The lowest BCUT2D eigenvalue weighted by Crippen LogP contribution is -1.99. The molecule has 2 aromatic carbocycles. The molecule has 0 saturated heterocycles. The van der Waals surface area contributed by atoms with Gasteiger partial charge < -0.3 is 5.11 Å². The zero-order chi connectivity index (χ0) is 13.1. The van der Waals surface area contributed by atoms with Gasteiger partial charge in [-0.1, -0.05) is 42.5 Å². The van der Waals surface area contributed by atoms with Gasteiger partial charge in [0.25, 0.3) is 0 Å². The van der Waals surface area contributed by atoms with E-state index in [1.807, 2.05) is 54.6 Å². The van der Waals surface area contributed by atoms with E-state index in [0.717, 1.165) is 16.8 Å². The predicted octanol–water partition coefficient (Wildman–Crippen LogP) is 1.82. The molecule has 0 aliphatic carbocycles. The van der Waals surface area contributed by atoms with Crippen LogP contribution in [0.2, 0.25) is 0 Å². The number of benzene rings is 2. The number of aliphatic hydroxyl groups excluding tert-OH is 1. The quantitative estimate of drug-likeness (QED) is 0.772. The Balaban J connectivity index is 1.92. The number of rotatable bonds is 3. The van der Waals surface area contributed by atoms with Crippen molar-refractivity contribution >= 4 is 0 Å². The minimum absolute atomic E-state index is 0.0281. The van der Waals surface area contributed by atoms with E-state index in [-0.39, 0.29) is 6.61 Å². The van der Waals surface area contributed by atoms with E-state index in [1.165, 1.54) is 4.80 Å². The Kier molecular flexibility index (Phi) is 3.04. The summed E-state index contributed by atoms with van der Waals surface area (Å²) in [6.07, 6.45) is 0. The maximum atomic E-state index is 9.00. The smallest absolute Gasteiger partial charge is 0.205 e. The molecular formula is C14H12N4O. The molecule has 1 aromatic heterocycles. The van der Waals surface area contributed by atoms with Crippen LogP contribution in [0, 0.1) is 0 Å². The fourth-order valence-electron chi connectivity index (χ4n) is 1.76. The van der Waals surface area contributed by atoms with Gasteiger partial charge in [0.15, 0.2) is 0 Å². The molecule has 0 aliphatic rings. The second-order valence-electron chi connectivity index (χ2n) is 4.09. The van der Waals surface area contributed by atoms with Crippen molar-refractivity contribution in [1.82, 2.24) is 20.2 Å². The van der Waals surface area contributed by atoms with Crippen molar-refractivity contribution in [3.8, 4) is 17.1 Å². The fraction of sp³-hybridized carbons (Fsp3) is 0.0714. The molecule has 0 atom stereocenters. The second kappa shape index (κ2) is 4.99. The average molecular weight is 252 g/mol. The Morgan fingerprint density at radius 3 is 2.37 bits per heavy atom. The number of hydrogen-bond acceptors (Lipinski definition) is 4. The van der Waals surface area contributed by atoms with Gasteiger partial charge in [0, 0.05) is 5.56 Å². The van der Waals surface area contributed by atoms with Crippen molar-refractivity contribution in [3.05, 3.63) is 60.2 Å². The molecule has 3 aromatic rings. The van der Waals surface area contributed by atoms with E-state index in [9.17, 15) is 0 Å². The molecule has 1 N–H and O–H groups in total. The molecule has 0 unspecified atom stereocenters. The molecular weight excluding hydrogens is 240 g/mol. The monoisotopic (exact) mass is 252 g/mol. The zero-order valence-electron chi connectivity index (χ0n) is 10.1. The van der Waals surface area contributed by atoms with Crippen molar-refractivity contribution in [3.63, 3.8) is 0 Å². The molecule has 5 heteroatoms. The van der Waals surface area contributed by atoms with E-state index in [1.54, 1.807) is 0 Å². The van der Waals surface area contributed by atoms with E-state index in [4.69, 9.17) is 5.11 Å². The van der Waals surface area contributed by atoms with Crippen LogP contribution in [0.4, 0.5) is 0 Å². The van der Waals surface area contributed by atoms with Crippen LogP contribution in [0.15, 0.2) is 54.6 Å². The third-order valence-electron chi connectivity index (χ3n) is 2.80. The first kappa shape index (κ1) is 11.6. The summed E-state index contributed by atoms with van der Waals surface area (Å²) in [6.45, 7) is 0.0281. The molecule has 0 radical (unpaired) electrons. The maximum absolute atomic E-state index is 9.00. The summed E-state index contributed by atoms with van der Waals surface area (Å²) in [5.41, 5.74) is 2.60. The van der Waals surface area contributed by atoms with E-state index >= 15 is 0 Å². The maximum Gasteiger partial charge on any atom is 0.205 e. The molecule has 0 spiro atoms. The van der Waals surface area contributed by atoms with Gasteiger partial charge in [-0.05, 0) is 22.9 Å². The Bertz CT molecular complexity index is 661. The second-order valence-corrected chi connectivity index (χ2v) is 4.09. The third-order valence-corrected chi connectivity index (χ3v) is 2.80. The van der Waals surface area contributed by atoms with Crippen LogP contribution in [-0.2, 0) is 6.61 Å². The SMILES string of the molecule is OCc1ccc(-n2nnc(-c3ccccc3)n2)cc1. The van der Waals surface area contributed by atoms with Gasteiger partial charge in [-0.3, -0.25) is 0 Å². The van der Waals surface area contributed by atoms with Crippen LogP contribution in [-0.4, -0.2) is 25.3 Å². The molecule has 1 heterocycles. The van der Waals surface area contributed by atoms with Crippen molar-refractivity contribution in [2.45, 2.75) is 6.61 Å². The predicted molar refractivity (Wildman–Crippen MR) is 70.5 cm³/mol. The standard InChI is InChI=1S/C14H12N4O/c19-10-11-6-8-13(9-7-11)18-16-14(15-17-18)12-4-2-1-3-5-12/h1-9,19H,10H2. The summed E-state index contributed by atoms with van der Waals surface area (Å²) in [4.78, 5) is 1.48. The van der Waals surface area contributed by atoms with Gasteiger partial charge in [0.2, 0.25) is 5.82 Å². The molecule has 0 amide bonds. The van der Waals surface area contributed by atoms with Crippen molar-refractivity contribution < 1.29 is 5.11 Å². The summed E-state index contributed by atoms with van der Waals surface area (Å²) < 4.78 is 0. The Morgan fingerprint density at radius 2 is 1.68 bits per heavy atom. The highest BCUT2D eigenvalue weighted by Crippen LogP contribution is 2.14. The molecule has 5 nitrogen and oxygen atoms in total. The van der Waals surface area contributed by atoms with Gasteiger partial charge in [-0.2, -0.15) is 0 Å².